The summed E-state index contributed by atoms with van der Waals surface area (Å²) in [6.07, 6.45) is 11.5. The summed E-state index contributed by atoms with van der Waals surface area (Å²) in [6, 6.07) is 8.15. The Balaban J connectivity index is 2.12. The van der Waals surface area contributed by atoms with E-state index in [1.807, 2.05) is 12.1 Å². The maximum absolute atomic E-state index is 11.8. The van der Waals surface area contributed by atoms with Gasteiger partial charge in [-0.2, -0.15) is 0 Å². The zero-order chi connectivity index (χ0) is 16.4. The molecule has 2 nitrogen and oxygen atoms in total. The normalized spacial score (nSPS) is 17.6. The van der Waals surface area contributed by atoms with Crippen LogP contribution in [0, 0.1) is 0 Å². The Morgan fingerprint density at radius 1 is 1.14 bits per heavy atom. The molecule has 0 heterocycles. The van der Waals surface area contributed by atoms with Crippen molar-refractivity contribution in [1.82, 2.24) is 0 Å². The van der Waals surface area contributed by atoms with Crippen molar-refractivity contribution in [1.29, 1.82) is 0 Å². The van der Waals surface area contributed by atoms with Crippen LogP contribution in [0.25, 0.3) is 6.08 Å². The highest BCUT2D eigenvalue weighted by molar-refractivity contribution is 7.92. The minimum atomic E-state index is -3.07. The van der Waals surface area contributed by atoms with Gasteiger partial charge < -0.3 is 0 Å². The van der Waals surface area contributed by atoms with Gasteiger partial charge in [0.25, 0.3) is 0 Å². The predicted octanol–water partition coefficient (Wildman–Crippen LogP) is 4.34. The first kappa shape index (κ1) is 16.8. The summed E-state index contributed by atoms with van der Waals surface area (Å²) < 4.78 is 22.8. The molecule has 0 fully saturated rings. The van der Waals surface area contributed by atoms with Crippen LogP contribution in [0.3, 0.4) is 0 Å². The lowest BCUT2D eigenvalue weighted by molar-refractivity contribution is 0.550. The summed E-state index contributed by atoms with van der Waals surface area (Å²) in [5.74, 6) is 0. The monoisotopic (exact) mass is 316 g/mol. The first-order chi connectivity index (χ1) is 10.2. The first-order valence-corrected chi connectivity index (χ1v) is 9.40. The maximum Gasteiger partial charge on any atom is 0.152 e. The molecule has 0 saturated heterocycles. The summed E-state index contributed by atoms with van der Waals surface area (Å²) in [5, 5.41) is 0. The highest BCUT2D eigenvalue weighted by atomic mass is 32.2. The fraction of sp³-hybridized carbons (Fsp3) is 0.368. The van der Waals surface area contributed by atoms with Gasteiger partial charge in [0.1, 0.15) is 0 Å². The molecule has 0 bridgehead atoms. The highest BCUT2D eigenvalue weighted by Gasteiger charge is 2.30. The summed E-state index contributed by atoms with van der Waals surface area (Å²) >= 11 is 0. The van der Waals surface area contributed by atoms with Crippen molar-refractivity contribution in [3.05, 3.63) is 64.8 Å². The van der Waals surface area contributed by atoms with Gasteiger partial charge in [0.15, 0.2) is 9.84 Å². The standard InChI is InChI=1S/C19H24O2S/c1-15-5-7-16(8-6-15)13-17-9-11-18(12-10-17)14-19(2,3)22(4,20)21/h5-7,9-13H,8,14H2,1-4H3. The predicted molar refractivity (Wildman–Crippen MR) is 94.6 cm³/mol. The molecule has 0 aromatic heterocycles. The SMILES string of the molecule is CC1=CCC(=Cc2ccc(CC(C)(C)S(C)(=O)=O)cc2)C=C1. The van der Waals surface area contributed by atoms with E-state index >= 15 is 0 Å². The second-order valence-corrected chi connectivity index (χ2v) is 9.30. The average Bonchev–Trinajstić information content (AvgIpc) is 2.42. The van der Waals surface area contributed by atoms with Crippen LogP contribution in [0.15, 0.2) is 53.6 Å². The lowest BCUT2D eigenvalue weighted by Gasteiger charge is -2.22. The largest absolute Gasteiger partial charge is 0.229 e. The number of benzene rings is 1. The van der Waals surface area contributed by atoms with Crippen LogP contribution in [0.5, 0.6) is 0 Å². The summed E-state index contributed by atoms with van der Waals surface area (Å²) in [6.45, 7) is 5.66. The number of allylic oxidation sites excluding steroid dienone is 5. The molecule has 1 aliphatic carbocycles. The number of rotatable bonds is 4. The molecule has 22 heavy (non-hydrogen) atoms. The van der Waals surface area contributed by atoms with E-state index in [0.29, 0.717) is 6.42 Å². The van der Waals surface area contributed by atoms with Crippen molar-refractivity contribution < 1.29 is 8.42 Å². The zero-order valence-corrected chi connectivity index (χ0v) is 14.6. The molecule has 1 aromatic rings. The molecule has 3 heteroatoms. The van der Waals surface area contributed by atoms with Crippen molar-refractivity contribution in [3.8, 4) is 0 Å². The number of sulfone groups is 1. The summed E-state index contributed by atoms with van der Waals surface area (Å²) in [7, 11) is -3.07. The van der Waals surface area contributed by atoms with Crippen LogP contribution in [-0.2, 0) is 16.3 Å². The Labute approximate surface area is 134 Å². The molecule has 0 unspecified atom stereocenters. The molecular weight excluding hydrogens is 292 g/mol. The number of hydrogen-bond donors (Lipinski definition) is 0. The topological polar surface area (TPSA) is 34.1 Å². The molecule has 0 amide bonds. The van der Waals surface area contributed by atoms with Crippen LogP contribution < -0.4 is 0 Å². The Morgan fingerprint density at radius 2 is 1.77 bits per heavy atom. The van der Waals surface area contributed by atoms with E-state index in [-0.39, 0.29) is 0 Å². The van der Waals surface area contributed by atoms with Crippen molar-refractivity contribution in [2.24, 2.45) is 0 Å². The molecule has 0 aliphatic heterocycles. The Hall–Kier alpha value is -1.61. The van der Waals surface area contributed by atoms with E-state index in [4.69, 9.17) is 0 Å². The third kappa shape index (κ3) is 4.20. The zero-order valence-electron chi connectivity index (χ0n) is 13.8. The van der Waals surface area contributed by atoms with Crippen molar-refractivity contribution >= 4 is 15.9 Å². The quantitative estimate of drug-likeness (QED) is 0.828. The van der Waals surface area contributed by atoms with Gasteiger partial charge in [-0.15, -0.1) is 0 Å². The minimum absolute atomic E-state index is 0.532. The fourth-order valence-electron chi connectivity index (χ4n) is 2.33. The van der Waals surface area contributed by atoms with Crippen molar-refractivity contribution in [2.75, 3.05) is 6.26 Å². The third-order valence-electron chi connectivity index (χ3n) is 4.19. The van der Waals surface area contributed by atoms with E-state index < -0.39 is 14.6 Å². The van der Waals surface area contributed by atoms with E-state index in [1.165, 1.54) is 17.4 Å². The van der Waals surface area contributed by atoms with E-state index in [1.54, 1.807) is 13.8 Å². The molecule has 0 radical (unpaired) electrons. The van der Waals surface area contributed by atoms with Gasteiger partial charge in [-0.05, 0) is 50.3 Å². The molecule has 1 aliphatic rings. The van der Waals surface area contributed by atoms with Gasteiger partial charge in [-0.3, -0.25) is 0 Å². The smallest absolute Gasteiger partial charge is 0.152 e. The molecule has 118 valence electrons. The summed E-state index contributed by atoms with van der Waals surface area (Å²) in [4.78, 5) is 0. The molecule has 2 rings (SSSR count). The van der Waals surface area contributed by atoms with E-state index in [0.717, 1.165) is 17.5 Å². The molecule has 0 atom stereocenters. The second-order valence-electron chi connectivity index (χ2n) is 6.66. The third-order valence-corrected chi connectivity index (χ3v) is 6.34. The van der Waals surface area contributed by atoms with Crippen molar-refractivity contribution in [2.45, 2.75) is 38.4 Å². The number of hydrogen-bond acceptors (Lipinski definition) is 2. The lowest BCUT2D eigenvalue weighted by Crippen LogP contribution is -2.33. The van der Waals surface area contributed by atoms with Gasteiger partial charge >= 0.3 is 0 Å². The molecule has 1 aromatic carbocycles. The Kier molecular flexibility index (Phi) is 4.76. The van der Waals surface area contributed by atoms with Gasteiger partial charge in [0, 0.05) is 6.26 Å². The van der Waals surface area contributed by atoms with E-state index in [9.17, 15) is 8.42 Å². The summed E-state index contributed by atoms with van der Waals surface area (Å²) in [5.41, 5.74) is 4.78. The van der Waals surface area contributed by atoms with Crippen LogP contribution in [0.2, 0.25) is 0 Å². The minimum Gasteiger partial charge on any atom is -0.229 e. The average molecular weight is 316 g/mol. The van der Waals surface area contributed by atoms with Gasteiger partial charge in [-0.1, -0.05) is 54.1 Å². The molecular formula is C19H24O2S. The molecule has 0 saturated carbocycles. The van der Waals surface area contributed by atoms with Crippen LogP contribution in [-0.4, -0.2) is 19.4 Å². The van der Waals surface area contributed by atoms with Crippen LogP contribution in [0.4, 0.5) is 0 Å². The van der Waals surface area contributed by atoms with Gasteiger partial charge in [0.2, 0.25) is 0 Å². The van der Waals surface area contributed by atoms with Crippen molar-refractivity contribution in [3.63, 3.8) is 0 Å². The Morgan fingerprint density at radius 3 is 2.27 bits per heavy atom. The second kappa shape index (κ2) is 6.25. The fourth-order valence-corrected chi connectivity index (χ4v) is 2.76. The molecule has 0 spiro atoms. The molecule has 0 N–H and O–H groups in total. The van der Waals surface area contributed by atoms with Gasteiger partial charge in [0.05, 0.1) is 4.75 Å². The highest BCUT2D eigenvalue weighted by Crippen LogP contribution is 2.23. The van der Waals surface area contributed by atoms with Gasteiger partial charge in [-0.25, -0.2) is 8.42 Å². The van der Waals surface area contributed by atoms with E-state index in [2.05, 4.69) is 43.4 Å². The first-order valence-electron chi connectivity index (χ1n) is 7.51. The lowest BCUT2D eigenvalue weighted by atomic mass is 9.98. The Bertz CT molecular complexity index is 730. The maximum atomic E-state index is 11.8. The van der Waals surface area contributed by atoms with Crippen LogP contribution >= 0.6 is 0 Å². The van der Waals surface area contributed by atoms with Crippen LogP contribution in [0.1, 0.15) is 38.3 Å².